The molecule has 9 nitrogen and oxygen atoms in total. The first-order valence-corrected chi connectivity index (χ1v) is 15.5. The lowest BCUT2D eigenvalue weighted by molar-refractivity contribution is -0.123. The summed E-state index contributed by atoms with van der Waals surface area (Å²) in [5, 5.41) is 9.66. The second-order valence-electron chi connectivity index (χ2n) is 12.2. The third-order valence-corrected chi connectivity index (χ3v) is 9.73. The molecule has 9 heteroatoms. The van der Waals surface area contributed by atoms with Crippen molar-refractivity contribution in [3.8, 4) is 11.5 Å². The van der Waals surface area contributed by atoms with Gasteiger partial charge in [-0.2, -0.15) is 0 Å². The van der Waals surface area contributed by atoms with Crippen LogP contribution in [0.5, 0.6) is 11.5 Å². The van der Waals surface area contributed by atoms with Crippen molar-refractivity contribution in [2.24, 2.45) is 17.8 Å². The minimum Gasteiger partial charge on any atom is -0.497 e. The maximum atomic E-state index is 14.2. The van der Waals surface area contributed by atoms with Gasteiger partial charge >= 0.3 is 0 Å². The van der Waals surface area contributed by atoms with E-state index in [4.69, 9.17) is 13.9 Å². The zero-order valence-corrected chi connectivity index (χ0v) is 26.2. The Kier molecular flexibility index (Phi) is 7.64. The number of anilines is 1. The van der Waals surface area contributed by atoms with Crippen LogP contribution in [-0.4, -0.2) is 42.7 Å². The van der Waals surface area contributed by atoms with Gasteiger partial charge in [-0.25, -0.2) is 0 Å². The first-order valence-electron chi connectivity index (χ1n) is 15.5. The highest BCUT2D eigenvalue weighted by Crippen LogP contribution is 2.55. The molecule has 0 radical (unpaired) electrons. The molecule has 3 aliphatic carbocycles. The van der Waals surface area contributed by atoms with E-state index in [0.717, 1.165) is 16.7 Å². The maximum Gasteiger partial charge on any atom is 0.238 e. The van der Waals surface area contributed by atoms with Gasteiger partial charge in [-0.05, 0) is 79.8 Å². The SMILES string of the molecule is COc1ccc(OC)c(C=Cc2ccc(N3C(=O)C4CC=C5C(c6ccc(CO)o6)C6=C(CC5C4C3=O)C(=O)C=C(C)C6=O)cc2)c1. The number of furan rings is 1. The van der Waals surface area contributed by atoms with E-state index < -0.39 is 23.7 Å². The molecular weight excluding hydrogens is 598 g/mol. The Morgan fingerprint density at radius 3 is 2.43 bits per heavy atom. The predicted octanol–water partition coefficient (Wildman–Crippen LogP) is 5.59. The number of hydrogen-bond donors (Lipinski definition) is 1. The van der Waals surface area contributed by atoms with Crippen molar-refractivity contribution < 1.29 is 38.2 Å². The van der Waals surface area contributed by atoms with Gasteiger partial charge in [0.05, 0.1) is 37.7 Å². The van der Waals surface area contributed by atoms with Crippen LogP contribution in [0.4, 0.5) is 5.69 Å². The number of aliphatic hydroxyl groups is 1. The highest BCUT2D eigenvalue weighted by atomic mass is 16.5. The van der Waals surface area contributed by atoms with Gasteiger partial charge < -0.3 is 19.0 Å². The Labute approximate surface area is 271 Å². The molecule has 0 saturated carbocycles. The zero-order chi connectivity index (χ0) is 33.0. The molecule has 1 fully saturated rings. The Bertz CT molecular complexity index is 1960. The van der Waals surface area contributed by atoms with Crippen molar-refractivity contribution in [2.75, 3.05) is 19.1 Å². The van der Waals surface area contributed by atoms with Gasteiger partial charge in [0.25, 0.3) is 0 Å². The summed E-state index contributed by atoms with van der Waals surface area (Å²) in [5.41, 5.74) is 4.04. The van der Waals surface area contributed by atoms with Gasteiger partial charge in [-0.1, -0.05) is 35.9 Å². The molecule has 238 valence electrons. The summed E-state index contributed by atoms with van der Waals surface area (Å²) in [4.78, 5) is 56.1. The van der Waals surface area contributed by atoms with Crippen molar-refractivity contribution in [3.05, 3.63) is 112 Å². The number of amides is 2. The minimum atomic E-state index is -0.693. The fourth-order valence-electron chi connectivity index (χ4n) is 7.47. The van der Waals surface area contributed by atoms with E-state index in [9.17, 15) is 24.3 Å². The Morgan fingerprint density at radius 2 is 1.72 bits per heavy atom. The largest absolute Gasteiger partial charge is 0.497 e. The Hall–Kier alpha value is -5.28. The molecule has 2 heterocycles. The molecule has 3 aromatic rings. The monoisotopic (exact) mass is 631 g/mol. The van der Waals surface area contributed by atoms with Gasteiger partial charge in [0.15, 0.2) is 11.6 Å². The summed E-state index contributed by atoms with van der Waals surface area (Å²) in [7, 11) is 3.20. The summed E-state index contributed by atoms with van der Waals surface area (Å²) in [6.07, 6.45) is 7.62. The average molecular weight is 632 g/mol. The first-order chi connectivity index (χ1) is 22.7. The van der Waals surface area contributed by atoms with Crippen LogP contribution in [0.3, 0.4) is 0 Å². The van der Waals surface area contributed by atoms with Crippen molar-refractivity contribution >= 4 is 41.2 Å². The number of ether oxygens (including phenoxy) is 2. The lowest BCUT2D eigenvalue weighted by Gasteiger charge is -2.41. The number of imide groups is 1. The van der Waals surface area contributed by atoms with E-state index in [2.05, 4.69) is 0 Å². The first kappa shape index (κ1) is 30.4. The minimum absolute atomic E-state index is 0.186. The Morgan fingerprint density at radius 1 is 0.936 bits per heavy atom. The molecule has 2 aromatic carbocycles. The smallest absolute Gasteiger partial charge is 0.238 e. The standard InChI is InChI=1S/C38H33NO8/c1-20-16-30(41)29-18-28-26(34(35(29)36(20)42)32-15-11-25(19-40)47-32)12-13-27-33(28)38(44)39(37(27)43)23-8-5-21(6-9-23)4-7-22-17-24(45-2)10-14-31(22)46-3/h4-12,14-17,27-28,33-34,40H,13,18-19H2,1-3H3. The van der Waals surface area contributed by atoms with E-state index in [-0.39, 0.29) is 36.4 Å². The third kappa shape index (κ3) is 4.98. The number of fused-ring (bicyclic) bond motifs is 3. The second-order valence-corrected chi connectivity index (χ2v) is 12.2. The molecule has 0 spiro atoms. The molecule has 4 unspecified atom stereocenters. The van der Waals surface area contributed by atoms with Crippen LogP contribution in [0, 0.1) is 17.8 Å². The van der Waals surface area contributed by atoms with Crippen LogP contribution in [0.15, 0.2) is 93.5 Å². The molecule has 0 bridgehead atoms. The zero-order valence-electron chi connectivity index (χ0n) is 26.2. The van der Waals surface area contributed by atoms with Gasteiger partial charge in [-0.15, -0.1) is 0 Å². The van der Waals surface area contributed by atoms with Crippen molar-refractivity contribution in [2.45, 2.75) is 32.3 Å². The van der Waals surface area contributed by atoms with Gasteiger partial charge in [0, 0.05) is 22.3 Å². The van der Waals surface area contributed by atoms with Crippen molar-refractivity contribution in [3.63, 3.8) is 0 Å². The van der Waals surface area contributed by atoms with Crippen LogP contribution in [-0.2, 0) is 25.8 Å². The third-order valence-electron chi connectivity index (χ3n) is 9.73. The number of ketones is 2. The lowest BCUT2D eigenvalue weighted by atomic mass is 9.60. The predicted molar refractivity (Wildman–Crippen MR) is 173 cm³/mol. The van der Waals surface area contributed by atoms with Crippen LogP contribution in [0.1, 0.15) is 48.3 Å². The molecule has 7 rings (SSSR count). The summed E-state index contributed by atoms with van der Waals surface area (Å²) in [6, 6.07) is 16.1. The summed E-state index contributed by atoms with van der Waals surface area (Å²) in [5.74, 6) is -1.37. The molecule has 1 N–H and O–H groups in total. The van der Waals surface area contributed by atoms with E-state index in [1.165, 1.54) is 11.0 Å². The van der Waals surface area contributed by atoms with E-state index in [0.29, 0.717) is 51.8 Å². The average Bonchev–Trinajstić information content (AvgIpc) is 3.67. The number of rotatable bonds is 7. The number of benzene rings is 2. The number of aliphatic hydroxyl groups excluding tert-OH is 1. The fourth-order valence-corrected chi connectivity index (χ4v) is 7.47. The highest BCUT2D eigenvalue weighted by molar-refractivity contribution is 6.25. The summed E-state index contributed by atoms with van der Waals surface area (Å²) >= 11 is 0. The number of allylic oxidation sites excluding steroid dienone is 6. The molecule has 1 aromatic heterocycles. The van der Waals surface area contributed by atoms with Crippen LogP contribution in [0.2, 0.25) is 0 Å². The van der Waals surface area contributed by atoms with Crippen molar-refractivity contribution in [1.82, 2.24) is 0 Å². The van der Waals surface area contributed by atoms with Gasteiger partial charge in [0.2, 0.25) is 11.8 Å². The van der Waals surface area contributed by atoms with Crippen LogP contribution >= 0.6 is 0 Å². The van der Waals surface area contributed by atoms with Gasteiger partial charge in [0.1, 0.15) is 29.6 Å². The number of nitrogens with zero attached hydrogens (tertiary/aromatic N) is 1. The highest BCUT2D eigenvalue weighted by Gasteiger charge is 2.57. The quantitative estimate of drug-likeness (QED) is 0.155. The van der Waals surface area contributed by atoms with E-state index in [1.54, 1.807) is 45.4 Å². The number of methoxy groups -OCH3 is 2. The molecule has 2 amide bonds. The summed E-state index contributed by atoms with van der Waals surface area (Å²) < 4.78 is 16.7. The maximum absolute atomic E-state index is 14.2. The number of hydrogen-bond acceptors (Lipinski definition) is 8. The van der Waals surface area contributed by atoms with Gasteiger partial charge in [-0.3, -0.25) is 24.1 Å². The molecule has 4 aliphatic rings. The van der Waals surface area contributed by atoms with Crippen LogP contribution in [0.25, 0.3) is 12.2 Å². The topological polar surface area (TPSA) is 123 Å². The van der Waals surface area contributed by atoms with Crippen molar-refractivity contribution in [1.29, 1.82) is 0 Å². The molecule has 1 saturated heterocycles. The lowest BCUT2D eigenvalue weighted by Crippen LogP contribution is -2.39. The summed E-state index contributed by atoms with van der Waals surface area (Å²) in [6.45, 7) is 1.30. The normalized spacial score (nSPS) is 23.9. The fraction of sp³-hybridized carbons (Fsp3) is 0.263. The molecule has 4 atom stereocenters. The molecular formula is C38H33NO8. The number of carbonyl (C=O) groups excluding carboxylic acids is 4. The second kappa shape index (κ2) is 11.8. The number of Topliss-reactive ketones (excluding diaryl/α,β-unsaturated/α-hetero) is 1. The van der Waals surface area contributed by atoms with E-state index in [1.807, 2.05) is 48.6 Å². The number of carbonyl (C=O) groups is 4. The molecule has 47 heavy (non-hydrogen) atoms. The Balaban J connectivity index is 1.19. The molecule has 1 aliphatic heterocycles. The van der Waals surface area contributed by atoms with Crippen LogP contribution < -0.4 is 14.4 Å². The van der Waals surface area contributed by atoms with E-state index >= 15 is 0 Å².